The van der Waals surface area contributed by atoms with Crippen molar-refractivity contribution in [2.75, 3.05) is 22.5 Å². The molecule has 30 heavy (non-hydrogen) atoms. The third-order valence-electron chi connectivity index (χ3n) is 4.06. The molecule has 1 atom stereocenters. The fraction of sp³-hybridized carbons (Fsp3) is 0.263. The van der Waals surface area contributed by atoms with Gasteiger partial charge in [-0.15, -0.1) is 0 Å². The molecule has 0 aliphatic carbocycles. The summed E-state index contributed by atoms with van der Waals surface area (Å²) in [5.41, 5.74) is -0.0871. The molecule has 2 aromatic rings. The zero-order valence-electron chi connectivity index (χ0n) is 16.6. The number of anilines is 2. The monoisotopic (exact) mass is 435 g/mol. The van der Waals surface area contributed by atoms with Gasteiger partial charge in [-0.2, -0.15) is 0 Å². The van der Waals surface area contributed by atoms with E-state index in [9.17, 15) is 28.1 Å². The number of nitro benzene ring substituents is 1. The molecule has 2 aromatic carbocycles. The number of nitrogens with zero attached hydrogens (tertiary/aromatic N) is 2. The van der Waals surface area contributed by atoms with Crippen LogP contribution in [0.3, 0.4) is 0 Å². The van der Waals surface area contributed by atoms with E-state index in [0.717, 1.165) is 16.6 Å². The highest BCUT2D eigenvalue weighted by atomic mass is 32.2. The van der Waals surface area contributed by atoms with Gasteiger partial charge < -0.3 is 10.1 Å². The molecule has 0 aliphatic rings. The van der Waals surface area contributed by atoms with Crippen LogP contribution in [0.25, 0.3) is 0 Å². The first-order valence-corrected chi connectivity index (χ1v) is 10.7. The molecule has 10 nitrogen and oxygen atoms in total. The van der Waals surface area contributed by atoms with Crippen molar-refractivity contribution in [1.82, 2.24) is 0 Å². The minimum absolute atomic E-state index is 0.0342. The summed E-state index contributed by atoms with van der Waals surface area (Å²) >= 11 is 0. The van der Waals surface area contributed by atoms with E-state index in [2.05, 4.69) is 5.32 Å². The van der Waals surface area contributed by atoms with Crippen molar-refractivity contribution in [2.24, 2.45) is 0 Å². The largest absolute Gasteiger partial charge is 0.462 e. The number of nitro groups is 1. The lowest BCUT2D eigenvalue weighted by atomic mass is 10.1. The summed E-state index contributed by atoms with van der Waals surface area (Å²) in [4.78, 5) is 35.3. The van der Waals surface area contributed by atoms with E-state index < -0.39 is 32.9 Å². The summed E-state index contributed by atoms with van der Waals surface area (Å²) < 4.78 is 30.5. The van der Waals surface area contributed by atoms with Crippen LogP contribution in [0.1, 0.15) is 24.2 Å². The Morgan fingerprint density at radius 2 is 1.87 bits per heavy atom. The Hall–Kier alpha value is -3.47. The zero-order valence-corrected chi connectivity index (χ0v) is 17.4. The van der Waals surface area contributed by atoms with Gasteiger partial charge in [0.25, 0.3) is 5.69 Å². The number of nitrogens with one attached hydrogen (secondary N) is 1. The summed E-state index contributed by atoms with van der Waals surface area (Å²) in [6, 6.07) is 9.83. The molecule has 160 valence electrons. The van der Waals surface area contributed by atoms with Crippen LogP contribution in [0.2, 0.25) is 0 Å². The minimum atomic E-state index is -3.97. The smallest absolute Gasteiger partial charge is 0.340 e. The maximum absolute atomic E-state index is 12.8. The van der Waals surface area contributed by atoms with Gasteiger partial charge in [-0.25, -0.2) is 13.2 Å². The van der Waals surface area contributed by atoms with Gasteiger partial charge in [-0.05, 0) is 32.0 Å². The second-order valence-corrected chi connectivity index (χ2v) is 8.13. The first-order valence-electron chi connectivity index (χ1n) is 8.87. The van der Waals surface area contributed by atoms with Crippen LogP contribution in [0.5, 0.6) is 0 Å². The predicted molar refractivity (Wildman–Crippen MR) is 111 cm³/mol. The van der Waals surface area contributed by atoms with Crippen molar-refractivity contribution in [3.63, 3.8) is 0 Å². The van der Waals surface area contributed by atoms with Gasteiger partial charge >= 0.3 is 5.97 Å². The third kappa shape index (κ3) is 5.32. The Morgan fingerprint density at radius 1 is 1.20 bits per heavy atom. The quantitative estimate of drug-likeness (QED) is 0.382. The minimum Gasteiger partial charge on any atom is -0.462 e. The van der Waals surface area contributed by atoms with E-state index in [0.29, 0.717) is 0 Å². The van der Waals surface area contributed by atoms with Gasteiger partial charge in [0.1, 0.15) is 6.04 Å². The molecule has 1 N–H and O–H groups in total. The van der Waals surface area contributed by atoms with Gasteiger partial charge in [0.15, 0.2) is 0 Å². The Labute approximate surface area is 173 Å². The molecule has 0 heterocycles. The van der Waals surface area contributed by atoms with Gasteiger partial charge in [-0.1, -0.05) is 18.2 Å². The zero-order chi connectivity index (χ0) is 22.5. The lowest BCUT2D eigenvalue weighted by Crippen LogP contribution is -2.45. The van der Waals surface area contributed by atoms with Crippen molar-refractivity contribution >= 4 is 39.0 Å². The van der Waals surface area contributed by atoms with Crippen molar-refractivity contribution in [2.45, 2.75) is 19.9 Å². The summed E-state index contributed by atoms with van der Waals surface area (Å²) in [5.74, 6) is -1.37. The summed E-state index contributed by atoms with van der Waals surface area (Å²) in [7, 11) is -3.97. The molecule has 0 radical (unpaired) electrons. The van der Waals surface area contributed by atoms with Crippen LogP contribution in [-0.4, -0.2) is 44.1 Å². The number of carbonyl (C=O) groups is 2. The molecule has 0 aromatic heterocycles. The molecular weight excluding hydrogens is 414 g/mol. The number of rotatable bonds is 8. The number of carbonyl (C=O) groups excluding carboxylic acids is 2. The molecule has 0 spiro atoms. The highest BCUT2D eigenvalue weighted by molar-refractivity contribution is 7.92. The number of hydrogen-bond donors (Lipinski definition) is 1. The maximum Gasteiger partial charge on any atom is 0.340 e. The Bertz CT molecular complexity index is 1070. The molecule has 0 saturated heterocycles. The van der Waals surface area contributed by atoms with Gasteiger partial charge in [0.05, 0.1) is 34.7 Å². The lowest BCUT2D eigenvalue weighted by Gasteiger charge is -2.28. The molecule has 0 saturated carbocycles. The average molecular weight is 435 g/mol. The predicted octanol–water partition coefficient (Wildman–Crippen LogP) is 2.56. The standard InChI is InChI=1S/C19H21N3O7S/c1-4-29-19(24)16-10-5-6-11-17(16)20-18(23)13(2)21(30(3,27)28)14-8-7-9-15(12-14)22(25)26/h5-13H,4H2,1-3H3,(H,20,23)/t13-/m0/s1. The van der Waals surface area contributed by atoms with E-state index in [1.165, 1.54) is 37.3 Å². The fourth-order valence-corrected chi connectivity index (χ4v) is 3.94. The topological polar surface area (TPSA) is 136 Å². The number of hydrogen-bond acceptors (Lipinski definition) is 7. The van der Waals surface area contributed by atoms with Crippen LogP contribution in [0, 0.1) is 10.1 Å². The van der Waals surface area contributed by atoms with E-state index >= 15 is 0 Å². The van der Waals surface area contributed by atoms with Crippen molar-refractivity contribution in [3.05, 3.63) is 64.2 Å². The van der Waals surface area contributed by atoms with Crippen LogP contribution < -0.4 is 9.62 Å². The molecule has 0 bridgehead atoms. The van der Waals surface area contributed by atoms with E-state index in [4.69, 9.17) is 4.74 Å². The van der Waals surface area contributed by atoms with Gasteiger partial charge in [-0.3, -0.25) is 19.2 Å². The summed E-state index contributed by atoms with van der Waals surface area (Å²) in [5, 5.41) is 13.6. The van der Waals surface area contributed by atoms with E-state index in [1.54, 1.807) is 19.1 Å². The summed E-state index contributed by atoms with van der Waals surface area (Å²) in [6.45, 7) is 3.12. The third-order valence-corrected chi connectivity index (χ3v) is 5.31. The highest BCUT2D eigenvalue weighted by Gasteiger charge is 2.30. The second-order valence-electron chi connectivity index (χ2n) is 6.27. The fourth-order valence-electron chi connectivity index (χ4n) is 2.77. The van der Waals surface area contributed by atoms with Crippen LogP contribution in [0.4, 0.5) is 17.1 Å². The molecule has 0 aliphatic heterocycles. The molecule has 1 amide bonds. The maximum atomic E-state index is 12.8. The number of non-ortho nitro benzene ring substituents is 1. The Balaban J connectivity index is 2.38. The number of sulfonamides is 1. The molecule has 0 unspecified atom stereocenters. The first kappa shape index (κ1) is 22.8. The van der Waals surface area contributed by atoms with Gasteiger partial charge in [0, 0.05) is 12.1 Å². The molecule has 0 fully saturated rings. The number of esters is 1. The lowest BCUT2D eigenvalue weighted by molar-refractivity contribution is -0.384. The van der Waals surface area contributed by atoms with Crippen molar-refractivity contribution in [1.29, 1.82) is 0 Å². The molecular formula is C19H21N3O7S. The number of ether oxygens (including phenoxy) is 1. The van der Waals surface area contributed by atoms with Crippen LogP contribution >= 0.6 is 0 Å². The number of amides is 1. The Morgan fingerprint density at radius 3 is 2.47 bits per heavy atom. The second kappa shape index (κ2) is 9.35. The number of para-hydroxylation sites is 1. The van der Waals surface area contributed by atoms with Crippen molar-refractivity contribution in [3.8, 4) is 0 Å². The molecule has 11 heteroatoms. The van der Waals surface area contributed by atoms with Gasteiger partial charge in [0.2, 0.25) is 15.9 Å². The Kier molecular flexibility index (Phi) is 7.11. The van der Waals surface area contributed by atoms with Crippen LogP contribution in [-0.2, 0) is 19.6 Å². The van der Waals surface area contributed by atoms with E-state index in [1.807, 2.05) is 0 Å². The van der Waals surface area contributed by atoms with Crippen molar-refractivity contribution < 1.29 is 27.7 Å². The highest BCUT2D eigenvalue weighted by Crippen LogP contribution is 2.26. The molecule has 2 rings (SSSR count). The summed E-state index contributed by atoms with van der Waals surface area (Å²) in [6.07, 6.45) is 0.891. The van der Waals surface area contributed by atoms with Crippen LogP contribution in [0.15, 0.2) is 48.5 Å². The average Bonchev–Trinajstić information content (AvgIpc) is 2.67. The first-order chi connectivity index (χ1) is 14.1. The SMILES string of the molecule is CCOC(=O)c1ccccc1NC(=O)[C@H](C)N(c1cccc([N+](=O)[O-])c1)S(C)(=O)=O. The normalized spacial score (nSPS) is 12.0. The number of benzene rings is 2. The van der Waals surface area contributed by atoms with E-state index in [-0.39, 0.29) is 29.2 Å².